The van der Waals surface area contributed by atoms with Crippen molar-refractivity contribution in [3.05, 3.63) is 23.5 Å². The van der Waals surface area contributed by atoms with Crippen molar-refractivity contribution in [2.45, 2.75) is 25.4 Å². The summed E-state index contributed by atoms with van der Waals surface area (Å²) in [5, 5.41) is 15.9. The lowest BCUT2D eigenvalue weighted by Crippen LogP contribution is -2.36. The van der Waals surface area contributed by atoms with Gasteiger partial charge in [0.2, 0.25) is 0 Å². The average Bonchev–Trinajstić information content (AvgIpc) is 3.15. The number of aromatic amines is 1. The van der Waals surface area contributed by atoms with Crippen LogP contribution >= 0.6 is 0 Å². The highest BCUT2D eigenvalue weighted by molar-refractivity contribution is 6.14. The van der Waals surface area contributed by atoms with Gasteiger partial charge in [-0.15, -0.1) is 0 Å². The Morgan fingerprint density at radius 3 is 2.92 bits per heavy atom. The third kappa shape index (κ3) is 2.23. The Kier molecular flexibility index (Phi) is 3.42. The molecule has 1 aromatic carbocycles. The molecule has 2 aliphatic rings. The normalized spacial score (nSPS) is 26.1. The van der Waals surface area contributed by atoms with Gasteiger partial charge in [-0.2, -0.15) is 0 Å². The van der Waals surface area contributed by atoms with E-state index < -0.39 is 0 Å². The second-order valence-electron chi connectivity index (χ2n) is 6.96. The number of amidine groups is 1. The van der Waals surface area contributed by atoms with Crippen LogP contribution < -0.4 is 16.4 Å². The van der Waals surface area contributed by atoms with Gasteiger partial charge >= 0.3 is 0 Å². The summed E-state index contributed by atoms with van der Waals surface area (Å²) >= 11 is 0. The lowest BCUT2D eigenvalue weighted by molar-refractivity contribution is 0.444. The van der Waals surface area contributed by atoms with Gasteiger partial charge in [0.1, 0.15) is 17.5 Å². The smallest absolute Gasteiger partial charge is 0.132 e. The SMILES string of the molecule is CNc1cc(F)cc2c(C(=N)N3CC4CC(C)NC4C3)c(N)[nH]c12. The molecule has 3 unspecified atom stereocenters. The molecule has 2 aromatic rings. The summed E-state index contributed by atoms with van der Waals surface area (Å²) in [5.74, 6) is 1.01. The van der Waals surface area contributed by atoms with Crippen molar-refractivity contribution in [1.82, 2.24) is 15.2 Å². The molecule has 0 bridgehead atoms. The molecule has 24 heavy (non-hydrogen) atoms. The number of nitrogens with one attached hydrogen (secondary N) is 4. The number of benzene rings is 1. The Hall–Kier alpha value is -2.28. The third-order valence-corrected chi connectivity index (χ3v) is 5.32. The molecule has 7 heteroatoms. The number of hydrogen-bond acceptors (Lipinski definition) is 4. The zero-order valence-corrected chi connectivity index (χ0v) is 13.9. The Balaban J connectivity index is 1.70. The highest BCUT2D eigenvalue weighted by atomic mass is 19.1. The lowest BCUT2D eigenvalue weighted by Gasteiger charge is -2.21. The number of nitrogen functional groups attached to an aromatic ring is 1. The summed E-state index contributed by atoms with van der Waals surface area (Å²) in [6.07, 6.45) is 1.14. The number of hydrogen-bond donors (Lipinski definition) is 5. The van der Waals surface area contributed by atoms with Crippen LogP contribution in [-0.2, 0) is 0 Å². The van der Waals surface area contributed by atoms with Crippen molar-refractivity contribution in [2.24, 2.45) is 5.92 Å². The minimum Gasteiger partial charge on any atom is -0.386 e. The van der Waals surface area contributed by atoms with E-state index >= 15 is 0 Å². The van der Waals surface area contributed by atoms with Crippen molar-refractivity contribution in [2.75, 3.05) is 31.2 Å². The molecular weight excluding hydrogens is 307 g/mol. The number of aromatic nitrogens is 1. The quantitative estimate of drug-likeness (QED) is 0.430. The predicted molar refractivity (Wildman–Crippen MR) is 95.1 cm³/mol. The van der Waals surface area contributed by atoms with Gasteiger partial charge in [0.25, 0.3) is 0 Å². The van der Waals surface area contributed by atoms with Crippen LogP contribution in [0.2, 0.25) is 0 Å². The first-order chi connectivity index (χ1) is 11.5. The number of nitrogens with zero attached hydrogens (tertiary/aromatic N) is 1. The van der Waals surface area contributed by atoms with E-state index in [-0.39, 0.29) is 5.82 Å². The summed E-state index contributed by atoms with van der Waals surface area (Å²) in [7, 11) is 1.74. The number of nitrogens with two attached hydrogens (primary N) is 1. The molecule has 6 nitrogen and oxygen atoms in total. The van der Waals surface area contributed by atoms with Crippen molar-refractivity contribution in [3.63, 3.8) is 0 Å². The van der Waals surface area contributed by atoms with Crippen LogP contribution in [0.5, 0.6) is 0 Å². The van der Waals surface area contributed by atoms with E-state index in [1.165, 1.54) is 12.1 Å². The van der Waals surface area contributed by atoms with Gasteiger partial charge in [-0.05, 0) is 31.4 Å². The number of fused-ring (bicyclic) bond motifs is 2. The number of rotatable bonds is 2. The van der Waals surface area contributed by atoms with E-state index in [1.807, 2.05) is 0 Å². The maximum absolute atomic E-state index is 14.0. The second-order valence-corrected chi connectivity index (χ2v) is 6.96. The summed E-state index contributed by atoms with van der Waals surface area (Å²) < 4.78 is 14.0. The van der Waals surface area contributed by atoms with Crippen LogP contribution in [0.1, 0.15) is 18.9 Å². The van der Waals surface area contributed by atoms with Gasteiger partial charge in [-0.3, -0.25) is 5.41 Å². The fourth-order valence-corrected chi connectivity index (χ4v) is 4.26. The first-order valence-electron chi connectivity index (χ1n) is 8.36. The molecule has 4 rings (SSSR count). The maximum atomic E-state index is 14.0. The Morgan fingerprint density at radius 1 is 1.42 bits per heavy atom. The van der Waals surface area contributed by atoms with Crippen LogP contribution in [0, 0.1) is 17.1 Å². The third-order valence-electron chi connectivity index (χ3n) is 5.32. The van der Waals surface area contributed by atoms with Gasteiger partial charge in [-0.1, -0.05) is 0 Å². The number of likely N-dealkylation sites (tertiary alicyclic amines) is 1. The van der Waals surface area contributed by atoms with E-state index in [0.717, 1.165) is 25.0 Å². The molecule has 1 aromatic heterocycles. The van der Waals surface area contributed by atoms with Crippen LogP contribution in [0.4, 0.5) is 15.9 Å². The highest BCUT2D eigenvalue weighted by Crippen LogP contribution is 2.34. The number of halogens is 1. The highest BCUT2D eigenvalue weighted by Gasteiger charge is 2.40. The molecule has 3 atom stereocenters. The molecular formula is C17H23FN6. The fourth-order valence-electron chi connectivity index (χ4n) is 4.26. The molecule has 6 N–H and O–H groups in total. The second kappa shape index (κ2) is 5.37. The molecule has 0 saturated carbocycles. The molecule has 2 fully saturated rings. The first-order valence-corrected chi connectivity index (χ1v) is 8.36. The van der Waals surface area contributed by atoms with Crippen molar-refractivity contribution >= 4 is 28.2 Å². The van der Waals surface area contributed by atoms with Gasteiger partial charge in [0.05, 0.1) is 16.8 Å². The Morgan fingerprint density at radius 2 is 2.21 bits per heavy atom. The summed E-state index contributed by atoms with van der Waals surface area (Å²) in [6.45, 7) is 3.85. The number of H-pyrrole nitrogens is 1. The Bertz CT molecular complexity index is 799. The standard InChI is InChI=1S/C17H23FN6/c1-8-3-9-6-24(7-13(9)22-8)17(20)14-11-4-10(18)5-12(21-2)15(11)23-16(14)19/h4-5,8-9,13,20-23H,3,6-7,19H2,1-2H3. The van der Waals surface area contributed by atoms with Gasteiger partial charge in [0.15, 0.2) is 0 Å². The van der Waals surface area contributed by atoms with E-state index in [1.54, 1.807) is 7.05 Å². The molecule has 0 spiro atoms. The van der Waals surface area contributed by atoms with Gasteiger partial charge in [-0.25, -0.2) is 4.39 Å². The van der Waals surface area contributed by atoms with Crippen LogP contribution in [0.15, 0.2) is 12.1 Å². The molecule has 0 amide bonds. The molecule has 2 saturated heterocycles. The van der Waals surface area contributed by atoms with E-state index in [0.29, 0.717) is 46.3 Å². The summed E-state index contributed by atoms with van der Waals surface area (Å²) in [5.41, 5.74) is 8.12. The molecule has 128 valence electrons. The fraction of sp³-hybridized carbons (Fsp3) is 0.471. The number of anilines is 2. The average molecular weight is 330 g/mol. The maximum Gasteiger partial charge on any atom is 0.132 e. The lowest BCUT2D eigenvalue weighted by atomic mass is 10.0. The van der Waals surface area contributed by atoms with Crippen LogP contribution in [0.3, 0.4) is 0 Å². The molecule has 0 radical (unpaired) electrons. The van der Waals surface area contributed by atoms with Gasteiger partial charge in [0, 0.05) is 37.6 Å². The molecule has 0 aliphatic carbocycles. The van der Waals surface area contributed by atoms with E-state index in [9.17, 15) is 4.39 Å². The zero-order valence-electron chi connectivity index (χ0n) is 13.9. The van der Waals surface area contributed by atoms with E-state index in [4.69, 9.17) is 11.1 Å². The Labute approximate surface area is 140 Å². The first kappa shape index (κ1) is 15.3. The van der Waals surface area contributed by atoms with E-state index in [2.05, 4.69) is 27.4 Å². The van der Waals surface area contributed by atoms with Crippen molar-refractivity contribution in [3.8, 4) is 0 Å². The monoisotopic (exact) mass is 330 g/mol. The minimum atomic E-state index is -0.339. The van der Waals surface area contributed by atoms with Crippen LogP contribution in [-0.4, -0.2) is 47.9 Å². The van der Waals surface area contributed by atoms with Gasteiger partial charge < -0.3 is 26.3 Å². The predicted octanol–water partition coefficient (Wildman–Crippen LogP) is 1.94. The minimum absolute atomic E-state index is 0.339. The summed E-state index contributed by atoms with van der Waals surface area (Å²) in [4.78, 5) is 5.15. The zero-order chi connectivity index (χ0) is 17.0. The van der Waals surface area contributed by atoms with Crippen LogP contribution in [0.25, 0.3) is 10.9 Å². The van der Waals surface area contributed by atoms with Crippen molar-refractivity contribution in [1.29, 1.82) is 5.41 Å². The van der Waals surface area contributed by atoms with Crippen molar-refractivity contribution < 1.29 is 4.39 Å². The largest absolute Gasteiger partial charge is 0.386 e. The molecule has 2 aliphatic heterocycles. The topological polar surface area (TPSA) is 93.0 Å². The summed E-state index contributed by atoms with van der Waals surface area (Å²) in [6, 6.07) is 3.85. The molecule has 3 heterocycles.